The minimum absolute atomic E-state index is 0.968. The molecule has 3 aromatic rings. The van der Waals surface area contributed by atoms with Crippen molar-refractivity contribution in [3.05, 3.63) is 48.8 Å². The van der Waals surface area contributed by atoms with Gasteiger partial charge in [0.05, 0.1) is 11.0 Å². The van der Waals surface area contributed by atoms with Crippen LogP contribution < -0.4 is 0 Å². The summed E-state index contributed by atoms with van der Waals surface area (Å²) < 4.78 is 0. The van der Waals surface area contributed by atoms with Crippen LogP contribution in [0.1, 0.15) is 0 Å². The quantitative estimate of drug-likeness (QED) is 0.496. The fourth-order valence-corrected chi connectivity index (χ4v) is 1.61. The number of fused-ring (bicyclic) bond motifs is 3. The highest BCUT2D eigenvalue weighted by Gasteiger charge is 2.00. The lowest BCUT2D eigenvalue weighted by atomic mass is 10.1. The SMILES string of the molecule is [c]1ccc2ncc3cccnc3c2c1. The summed E-state index contributed by atoms with van der Waals surface area (Å²) in [6, 6.07) is 12.7. The molecule has 0 aliphatic rings. The molecule has 0 saturated heterocycles. The minimum atomic E-state index is 0.968. The first kappa shape index (κ1) is 7.44. The number of aromatic nitrogens is 2. The monoisotopic (exact) mass is 179 g/mol. The molecule has 1 aromatic carbocycles. The van der Waals surface area contributed by atoms with E-state index in [1.807, 2.05) is 36.5 Å². The van der Waals surface area contributed by atoms with Gasteiger partial charge in [-0.25, -0.2) is 0 Å². The van der Waals surface area contributed by atoms with Crippen molar-refractivity contribution in [3.63, 3.8) is 0 Å². The topological polar surface area (TPSA) is 25.8 Å². The van der Waals surface area contributed by atoms with Crippen molar-refractivity contribution in [1.82, 2.24) is 9.97 Å². The van der Waals surface area contributed by atoms with Gasteiger partial charge in [0, 0.05) is 23.2 Å². The van der Waals surface area contributed by atoms with Gasteiger partial charge in [-0.1, -0.05) is 6.07 Å². The molecule has 14 heavy (non-hydrogen) atoms. The molecule has 2 heteroatoms. The molecule has 65 valence electrons. The summed E-state index contributed by atoms with van der Waals surface area (Å²) in [5.74, 6) is 0. The van der Waals surface area contributed by atoms with Crippen molar-refractivity contribution in [2.75, 3.05) is 0 Å². The van der Waals surface area contributed by atoms with Crippen LogP contribution in [0.5, 0.6) is 0 Å². The van der Waals surface area contributed by atoms with Crippen LogP contribution in [0.2, 0.25) is 0 Å². The zero-order chi connectivity index (χ0) is 9.38. The van der Waals surface area contributed by atoms with Gasteiger partial charge in [-0.3, -0.25) is 9.97 Å². The average molecular weight is 179 g/mol. The fraction of sp³-hybridized carbons (Fsp3) is 0. The lowest BCUT2D eigenvalue weighted by molar-refractivity contribution is 1.38. The first-order chi connectivity index (χ1) is 6.95. The van der Waals surface area contributed by atoms with Crippen LogP contribution in [0.4, 0.5) is 0 Å². The molecular weight excluding hydrogens is 172 g/mol. The van der Waals surface area contributed by atoms with Crippen molar-refractivity contribution in [3.8, 4) is 0 Å². The van der Waals surface area contributed by atoms with E-state index in [2.05, 4.69) is 16.0 Å². The highest BCUT2D eigenvalue weighted by Crippen LogP contribution is 2.20. The number of rotatable bonds is 0. The van der Waals surface area contributed by atoms with Gasteiger partial charge in [-0.05, 0) is 30.3 Å². The zero-order valence-corrected chi connectivity index (χ0v) is 7.44. The third-order valence-electron chi connectivity index (χ3n) is 2.28. The third kappa shape index (κ3) is 0.973. The third-order valence-corrected chi connectivity index (χ3v) is 2.28. The predicted molar refractivity (Wildman–Crippen MR) is 55.9 cm³/mol. The number of nitrogens with zero attached hydrogens (tertiary/aromatic N) is 2. The Hall–Kier alpha value is -1.96. The number of pyridine rings is 2. The summed E-state index contributed by atoms with van der Waals surface area (Å²) >= 11 is 0. The fourth-order valence-electron chi connectivity index (χ4n) is 1.61. The minimum Gasteiger partial charge on any atom is -0.255 e. The van der Waals surface area contributed by atoms with Gasteiger partial charge < -0.3 is 0 Å². The normalized spacial score (nSPS) is 10.9. The molecule has 0 saturated carbocycles. The van der Waals surface area contributed by atoms with Gasteiger partial charge in [0.1, 0.15) is 0 Å². The van der Waals surface area contributed by atoms with Gasteiger partial charge in [0.2, 0.25) is 0 Å². The van der Waals surface area contributed by atoms with Gasteiger partial charge in [0.15, 0.2) is 0 Å². The molecule has 2 aromatic heterocycles. The van der Waals surface area contributed by atoms with Crippen molar-refractivity contribution >= 4 is 21.8 Å². The van der Waals surface area contributed by atoms with E-state index in [-0.39, 0.29) is 0 Å². The van der Waals surface area contributed by atoms with E-state index in [1.165, 1.54) is 0 Å². The Labute approximate surface area is 81.2 Å². The van der Waals surface area contributed by atoms with Gasteiger partial charge in [-0.15, -0.1) is 0 Å². The Balaban J connectivity index is 2.61. The first-order valence-corrected chi connectivity index (χ1v) is 4.45. The summed E-state index contributed by atoms with van der Waals surface area (Å²) in [5.41, 5.74) is 1.96. The standard InChI is InChI=1S/C12H7N2/c1-2-6-11-10(5-1)12-9(8-14-11)4-3-7-13-12/h2-8H. The van der Waals surface area contributed by atoms with Crippen LogP contribution in [0.3, 0.4) is 0 Å². The van der Waals surface area contributed by atoms with E-state index in [1.54, 1.807) is 6.20 Å². The molecule has 0 aliphatic heterocycles. The zero-order valence-electron chi connectivity index (χ0n) is 7.44. The Morgan fingerprint density at radius 3 is 3.14 bits per heavy atom. The largest absolute Gasteiger partial charge is 0.255 e. The molecule has 1 radical (unpaired) electrons. The van der Waals surface area contributed by atoms with Crippen LogP contribution in [0.15, 0.2) is 42.7 Å². The summed E-state index contributed by atoms with van der Waals surface area (Å²) in [6.45, 7) is 0. The smallest absolute Gasteiger partial charge is 0.0811 e. The molecule has 0 spiro atoms. The molecule has 0 fully saturated rings. The highest BCUT2D eigenvalue weighted by molar-refractivity contribution is 6.02. The van der Waals surface area contributed by atoms with Crippen molar-refractivity contribution < 1.29 is 0 Å². The van der Waals surface area contributed by atoms with Crippen LogP contribution in [-0.2, 0) is 0 Å². The predicted octanol–water partition coefficient (Wildman–Crippen LogP) is 2.58. The maximum absolute atomic E-state index is 4.35. The van der Waals surface area contributed by atoms with E-state index in [0.29, 0.717) is 0 Å². The first-order valence-electron chi connectivity index (χ1n) is 4.45. The number of hydrogen-bond acceptors (Lipinski definition) is 2. The second-order valence-electron chi connectivity index (χ2n) is 3.14. The Bertz CT molecular complexity index is 547. The van der Waals surface area contributed by atoms with E-state index in [4.69, 9.17) is 0 Å². The van der Waals surface area contributed by atoms with Crippen LogP contribution in [-0.4, -0.2) is 9.97 Å². The molecule has 2 nitrogen and oxygen atoms in total. The molecule has 0 amide bonds. The Kier molecular flexibility index (Phi) is 1.47. The van der Waals surface area contributed by atoms with E-state index >= 15 is 0 Å². The molecule has 0 N–H and O–H groups in total. The molecule has 0 atom stereocenters. The van der Waals surface area contributed by atoms with Crippen LogP contribution in [0, 0.1) is 6.07 Å². The average Bonchev–Trinajstić information content (AvgIpc) is 2.29. The van der Waals surface area contributed by atoms with Crippen LogP contribution >= 0.6 is 0 Å². The van der Waals surface area contributed by atoms with Crippen molar-refractivity contribution in [2.45, 2.75) is 0 Å². The maximum atomic E-state index is 4.35. The maximum Gasteiger partial charge on any atom is 0.0811 e. The number of benzene rings is 1. The Morgan fingerprint density at radius 1 is 1.14 bits per heavy atom. The van der Waals surface area contributed by atoms with E-state index < -0.39 is 0 Å². The molecule has 0 aliphatic carbocycles. The molecule has 0 bridgehead atoms. The van der Waals surface area contributed by atoms with E-state index in [9.17, 15) is 0 Å². The lowest BCUT2D eigenvalue weighted by Crippen LogP contribution is -1.83. The van der Waals surface area contributed by atoms with Gasteiger partial charge in [-0.2, -0.15) is 0 Å². The van der Waals surface area contributed by atoms with Crippen molar-refractivity contribution in [2.24, 2.45) is 0 Å². The van der Waals surface area contributed by atoms with Gasteiger partial charge in [0.25, 0.3) is 0 Å². The summed E-state index contributed by atoms with van der Waals surface area (Å²) in [6.07, 6.45) is 3.65. The van der Waals surface area contributed by atoms with Crippen molar-refractivity contribution in [1.29, 1.82) is 0 Å². The lowest BCUT2D eigenvalue weighted by Gasteiger charge is -2.00. The summed E-state index contributed by atoms with van der Waals surface area (Å²) in [4.78, 5) is 8.70. The second kappa shape index (κ2) is 2.77. The summed E-state index contributed by atoms with van der Waals surface area (Å²) in [7, 11) is 0. The summed E-state index contributed by atoms with van der Waals surface area (Å²) in [5, 5.41) is 2.13. The molecule has 2 heterocycles. The Morgan fingerprint density at radius 2 is 2.14 bits per heavy atom. The number of hydrogen-bond donors (Lipinski definition) is 0. The second-order valence-corrected chi connectivity index (χ2v) is 3.14. The molecular formula is C12H7N2. The highest BCUT2D eigenvalue weighted by atomic mass is 14.7. The molecule has 0 unspecified atom stereocenters. The molecule has 3 rings (SSSR count). The van der Waals surface area contributed by atoms with E-state index in [0.717, 1.165) is 21.8 Å². The van der Waals surface area contributed by atoms with Gasteiger partial charge >= 0.3 is 0 Å². The van der Waals surface area contributed by atoms with Crippen LogP contribution in [0.25, 0.3) is 21.8 Å².